The smallest absolute Gasteiger partial charge is 0.264 e. The minimum Gasteiger partial charge on any atom is -0.352 e. The van der Waals surface area contributed by atoms with Crippen molar-refractivity contribution < 1.29 is 13.2 Å². The van der Waals surface area contributed by atoms with E-state index in [0.29, 0.717) is 10.7 Å². The molecule has 0 spiro atoms. The van der Waals surface area contributed by atoms with E-state index < -0.39 is 10.0 Å². The Hall–Kier alpha value is -2.05. The average Bonchev–Trinajstić information content (AvgIpc) is 3.38. The summed E-state index contributed by atoms with van der Waals surface area (Å²) in [6, 6.07) is 14.6. The average molecular weight is 365 g/mol. The summed E-state index contributed by atoms with van der Waals surface area (Å²) in [6.07, 6.45) is 1.89. The molecule has 5 nitrogen and oxygen atoms in total. The maximum Gasteiger partial charge on any atom is 0.264 e. The Bertz CT molecular complexity index is 819. The second-order valence-electron chi connectivity index (χ2n) is 5.64. The molecular weight excluding hydrogens is 348 g/mol. The summed E-state index contributed by atoms with van der Waals surface area (Å²) in [5.41, 5.74) is 0.397. The predicted molar refractivity (Wildman–Crippen MR) is 93.6 cm³/mol. The van der Waals surface area contributed by atoms with E-state index in [9.17, 15) is 13.2 Å². The van der Waals surface area contributed by atoms with Crippen molar-refractivity contribution in [3.8, 4) is 0 Å². The summed E-state index contributed by atoms with van der Waals surface area (Å²) in [5, 5.41) is 3.32. The van der Waals surface area contributed by atoms with Crippen LogP contribution in [0.1, 0.15) is 12.8 Å². The molecule has 126 valence electrons. The van der Waals surface area contributed by atoms with Gasteiger partial charge in [0.1, 0.15) is 6.54 Å². The monoisotopic (exact) mass is 364 g/mol. The highest BCUT2D eigenvalue weighted by atomic mass is 35.5. The lowest BCUT2D eigenvalue weighted by Crippen LogP contribution is -2.41. The van der Waals surface area contributed by atoms with Gasteiger partial charge < -0.3 is 5.32 Å². The van der Waals surface area contributed by atoms with Gasteiger partial charge in [0.25, 0.3) is 10.0 Å². The number of benzene rings is 2. The normalized spacial score (nSPS) is 14.2. The third kappa shape index (κ3) is 3.88. The first-order valence-electron chi connectivity index (χ1n) is 7.59. The number of hydrogen-bond donors (Lipinski definition) is 1. The van der Waals surface area contributed by atoms with Crippen LogP contribution in [-0.4, -0.2) is 26.9 Å². The van der Waals surface area contributed by atoms with Crippen LogP contribution in [0, 0.1) is 0 Å². The second kappa shape index (κ2) is 6.83. The van der Waals surface area contributed by atoms with Gasteiger partial charge in [-0.15, -0.1) is 0 Å². The van der Waals surface area contributed by atoms with E-state index in [1.165, 1.54) is 12.1 Å². The van der Waals surface area contributed by atoms with Crippen molar-refractivity contribution in [2.75, 3.05) is 10.8 Å². The number of sulfonamides is 1. The van der Waals surface area contributed by atoms with Crippen LogP contribution < -0.4 is 9.62 Å². The number of rotatable bonds is 6. The predicted octanol–water partition coefficient (Wildman–Crippen LogP) is 2.81. The topological polar surface area (TPSA) is 66.5 Å². The van der Waals surface area contributed by atoms with Crippen molar-refractivity contribution in [2.24, 2.45) is 0 Å². The molecule has 7 heteroatoms. The number of nitrogens with one attached hydrogen (secondary N) is 1. The fourth-order valence-electron chi connectivity index (χ4n) is 2.27. The first kappa shape index (κ1) is 16.8. The zero-order valence-electron chi connectivity index (χ0n) is 12.9. The largest absolute Gasteiger partial charge is 0.352 e. The van der Waals surface area contributed by atoms with Crippen LogP contribution in [-0.2, 0) is 14.8 Å². The fraction of sp³-hybridized carbons (Fsp3) is 0.235. The van der Waals surface area contributed by atoms with E-state index in [1.54, 1.807) is 42.5 Å². The molecule has 0 atom stereocenters. The third-order valence-electron chi connectivity index (χ3n) is 3.68. The summed E-state index contributed by atoms with van der Waals surface area (Å²) >= 11 is 5.88. The molecule has 2 aromatic carbocycles. The van der Waals surface area contributed by atoms with Crippen LogP contribution in [0.2, 0.25) is 5.02 Å². The lowest BCUT2D eigenvalue weighted by Gasteiger charge is -2.24. The highest BCUT2D eigenvalue weighted by Gasteiger charge is 2.29. The van der Waals surface area contributed by atoms with E-state index in [2.05, 4.69) is 5.32 Å². The molecule has 24 heavy (non-hydrogen) atoms. The van der Waals surface area contributed by atoms with Crippen LogP contribution in [0.25, 0.3) is 0 Å². The van der Waals surface area contributed by atoms with E-state index >= 15 is 0 Å². The number of halogens is 1. The quantitative estimate of drug-likeness (QED) is 0.857. The first-order chi connectivity index (χ1) is 11.5. The molecule has 1 saturated carbocycles. The molecule has 0 aromatic heterocycles. The van der Waals surface area contributed by atoms with Gasteiger partial charge in [0, 0.05) is 11.1 Å². The molecule has 2 aromatic rings. The number of anilines is 1. The molecule has 3 rings (SSSR count). The van der Waals surface area contributed by atoms with Gasteiger partial charge in [-0.05, 0) is 49.2 Å². The van der Waals surface area contributed by atoms with Gasteiger partial charge in [-0.3, -0.25) is 9.10 Å². The van der Waals surface area contributed by atoms with Crippen LogP contribution in [0.5, 0.6) is 0 Å². The van der Waals surface area contributed by atoms with Gasteiger partial charge in [0.05, 0.1) is 10.6 Å². The summed E-state index contributed by atoms with van der Waals surface area (Å²) in [4.78, 5) is 12.3. The summed E-state index contributed by atoms with van der Waals surface area (Å²) in [6.45, 7) is -0.268. The molecule has 1 N–H and O–H groups in total. The van der Waals surface area contributed by atoms with Crippen molar-refractivity contribution in [1.82, 2.24) is 5.32 Å². The van der Waals surface area contributed by atoms with Crippen molar-refractivity contribution in [3.05, 3.63) is 59.6 Å². The Kier molecular flexibility index (Phi) is 4.78. The van der Waals surface area contributed by atoms with Gasteiger partial charge in [0.15, 0.2) is 0 Å². The zero-order valence-corrected chi connectivity index (χ0v) is 14.4. The minimum atomic E-state index is -3.85. The minimum absolute atomic E-state index is 0.138. The maximum absolute atomic E-state index is 13.0. The van der Waals surface area contributed by atoms with Crippen LogP contribution in [0.15, 0.2) is 59.5 Å². The molecule has 0 unspecified atom stereocenters. The number of hydrogen-bond acceptors (Lipinski definition) is 3. The number of nitrogens with zero attached hydrogens (tertiary/aromatic N) is 1. The lowest BCUT2D eigenvalue weighted by atomic mass is 10.3. The third-order valence-corrected chi connectivity index (χ3v) is 5.72. The van der Waals surface area contributed by atoms with E-state index in [-0.39, 0.29) is 23.4 Å². The molecule has 1 fully saturated rings. The lowest BCUT2D eigenvalue weighted by molar-refractivity contribution is -0.119. The van der Waals surface area contributed by atoms with Gasteiger partial charge in [0.2, 0.25) is 5.91 Å². The SMILES string of the molecule is O=C(CN(c1ccc(Cl)cc1)S(=O)(=O)c1ccccc1)NC1CC1. The molecule has 1 aliphatic carbocycles. The molecular formula is C17H17ClN2O3S. The van der Waals surface area contributed by atoms with Crippen molar-refractivity contribution >= 4 is 33.2 Å². The summed E-state index contributed by atoms with van der Waals surface area (Å²) in [7, 11) is -3.85. The van der Waals surface area contributed by atoms with Gasteiger partial charge >= 0.3 is 0 Å². The standard InChI is InChI=1S/C17H17ClN2O3S/c18-13-6-10-15(11-7-13)20(12-17(21)19-14-8-9-14)24(22,23)16-4-2-1-3-5-16/h1-7,10-11,14H,8-9,12H2,(H,19,21). The van der Waals surface area contributed by atoms with Crippen molar-refractivity contribution in [2.45, 2.75) is 23.8 Å². The number of carbonyl (C=O) groups is 1. The van der Waals surface area contributed by atoms with E-state index in [4.69, 9.17) is 11.6 Å². The highest BCUT2D eigenvalue weighted by Crippen LogP contribution is 2.25. The van der Waals surface area contributed by atoms with Gasteiger partial charge in [-0.25, -0.2) is 8.42 Å². The summed E-state index contributed by atoms with van der Waals surface area (Å²) < 4.78 is 27.0. The Balaban J connectivity index is 1.94. The Morgan fingerprint density at radius 1 is 1.08 bits per heavy atom. The fourth-order valence-corrected chi connectivity index (χ4v) is 3.84. The van der Waals surface area contributed by atoms with Gasteiger partial charge in [-0.1, -0.05) is 29.8 Å². The van der Waals surface area contributed by atoms with Crippen LogP contribution in [0.4, 0.5) is 5.69 Å². The molecule has 0 heterocycles. The molecule has 1 amide bonds. The van der Waals surface area contributed by atoms with Crippen LogP contribution in [0.3, 0.4) is 0 Å². The molecule has 1 aliphatic rings. The van der Waals surface area contributed by atoms with E-state index in [1.807, 2.05) is 0 Å². The van der Waals surface area contributed by atoms with Crippen LogP contribution >= 0.6 is 11.6 Å². The molecule has 0 saturated heterocycles. The van der Waals surface area contributed by atoms with Crippen molar-refractivity contribution in [3.63, 3.8) is 0 Å². The molecule has 0 radical (unpaired) electrons. The Morgan fingerprint density at radius 2 is 1.71 bits per heavy atom. The maximum atomic E-state index is 13.0. The van der Waals surface area contributed by atoms with Gasteiger partial charge in [-0.2, -0.15) is 0 Å². The highest BCUT2D eigenvalue weighted by molar-refractivity contribution is 7.92. The zero-order chi connectivity index (χ0) is 17.2. The molecule has 0 bridgehead atoms. The first-order valence-corrected chi connectivity index (χ1v) is 9.41. The summed E-state index contributed by atoms with van der Waals surface area (Å²) in [5.74, 6) is -0.313. The van der Waals surface area contributed by atoms with Crippen molar-refractivity contribution in [1.29, 1.82) is 0 Å². The second-order valence-corrected chi connectivity index (χ2v) is 7.94. The Labute approximate surface area is 146 Å². The number of carbonyl (C=O) groups excluding carboxylic acids is 1. The molecule has 0 aliphatic heterocycles. The Morgan fingerprint density at radius 3 is 2.29 bits per heavy atom. The number of amides is 1. The van der Waals surface area contributed by atoms with E-state index in [0.717, 1.165) is 17.1 Å².